The number of rotatable bonds is 2. The van der Waals surface area contributed by atoms with Gasteiger partial charge in [0.2, 0.25) is 0 Å². The first-order chi connectivity index (χ1) is 17.1. The Labute approximate surface area is 204 Å². The van der Waals surface area contributed by atoms with E-state index in [2.05, 4.69) is 27.2 Å². The number of amides is 1. The number of carbonyl (C=O) groups is 1. The lowest BCUT2D eigenvalue weighted by molar-refractivity contribution is 0.102. The Kier molecular flexibility index (Phi) is 6.26. The minimum absolute atomic E-state index is 0.0943. The van der Waals surface area contributed by atoms with Crippen LogP contribution in [0.5, 0.6) is 0 Å². The highest BCUT2D eigenvalue weighted by atomic mass is 16.1. The molecule has 6 heteroatoms. The zero-order chi connectivity index (χ0) is 24.2. The molecular weight excluding hydrogens is 434 g/mol. The number of fused-ring (bicyclic) bond motifs is 3. The number of nitrogen functional groups attached to an aromatic ring is 1. The summed E-state index contributed by atoms with van der Waals surface area (Å²) in [7, 11) is 2.10. The van der Waals surface area contributed by atoms with Crippen molar-refractivity contribution in [2.75, 3.05) is 29.5 Å². The van der Waals surface area contributed by atoms with E-state index < -0.39 is 0 Å². The largest absolute Gasteiger partial charge is 0.397 e. The molecule has 1 aliphatic heterocycles. The Bertz CT molecular complexity index is 1510. The van der Waals surface area contributed by atoms with Gasteiger partial charge in [-0.1, -0.05) is 36.4 Å². The molecule has 0 radical (unpaired) electrons. The SMILES string of the molecule is CN1CCCc2cc(C(=O)Nc3cnc4ccccc4c3)ccc21.Nc1cnc2ccccc2c1. The van der Waals surface area contributed by atoms with Crippen LogP contribution in [0.25, 0.3) is 21.8 Å². The van der Waals surface area contributed by atoms with Gasteiger partial charge in [-0.3, -0.25) is 14.8 Å². The number of pyridine rings is 2. The molecule has 2 aromatic heterocycles. The summed E-state index contributed by atoms with van der Waals surface area (Å²) in [5.74, 6) is -0.0943. The predicted octanol–water partition coefficient (Wildman–Crippen LogP) is 5.69. The van der Waals surface area contributed by atoms with Crippen molar-refractivity contribution in [2.45, 2.75) is 12.8 Å². The van der Waals surface area contributed by atoms with Crippen LogP contribution in [0.1, 0.15) is 22.3 Å². The molecule has 3 heterocycles. The van der Waals surface area contributed by atoms with Crippen molar-refractivity contribution in [3.63, 3.8) is 0 Å². The maximum Gasteiger partial charge on any atom is 0.255 e. The van der Waals surface area contributed by atoms with E-state index >= 15 is 0 Å². The van der Waals surface area contributed by atoms with Gasteiger partial charge in [-0.05, 0) is 60.9 Å². The molecule has 1 aliphatic rings. The fraction of sp³-hybridized carbons (Fsp3) is 0.138. The molecule has 3 aromatic carbocycles. The minimum atomic E-state index is -0.0943. The number of nitrogens with one attached hydrogen (secondary N) is 1. The first kappa shape index (κ1) is 22.3. The Balaban J connectivity index is 0.000000192. The highest BCUT2D eigenvalue weighted by Crippen LogP contribution is 2.27. The number of hydrogen-bond donors (Lipinski definition) is 2. The lowest BCUT2D eigenvalue weighted by Crippen LogP contribution is -2.25. The van der Waals surface area contributed by atoms with Crippen LogP contribution in [0, 0.1) is 0 Å². The van der Waals surface area contributed by atoms with E-state index in [9.17, 15) is 4.79 Å². The molecule has 174 valence electrons. The van der Waals surface area contributed by atoms with Gasteiger partial charge in [0.1, 0.15) is 0 Å². The quantitative estimate of drug-likeness (QED) is 0.353. The molecule has 5 aromatic rings. The molecular formula is C29H27N5O. The van der Waals surface area contributed by atoms with Gasteiger partial charge >= 0.3 is 0 Å². The van der Waals surface area contributed by atoms with Crippen molar-refractivity contribution in [1.82, 2.24) is 9.97 Å². The van der Waals surface area contributed by atoms with Crippen LogP contribution in [-0.2, 0) is 6.42 Å². The van der Waals surface area contributed by atoms with Crippen LogP contribution >= 0.6 is 0 Å². The van der Waals surface area contributed by atoms with Gasteiger partial charge < -0.3 is 16.0 Å². The predicted molar refractivity (Wildman–Crippen MR) is 144 cm³/mol. The number of nitrogens with two attached hydrogens (primary N) is 1. The molecule has 1 amide bonds. The molecule has 0 fully saturated rings. The zero-order valence-electron chi connectivity index (χ0n) is 19.6. The molecule has 0 saturated carbocycles. The summed E-state index contributed by atoms with van der Waals surface area (Å²) in [6.07, 6.45) is 5.52. The second-order valence-corrected chi connectivity index (χ2v) is 8.70. The number of hydrogen-bond acceptors (Lipinski definition) is 5. The topological polar surface area (TPSA) is 84.1 Å². The number of para-hydroxylation sites is 2. The number of aryl methyl sites for hydroxylation is 1. The lowest BCUT2D eigenvalue weighted by Gasteiger charge is -2.27. The number of benzene rings is 3. The highest BCUT2D eigenvalue weighted by Gasteiger charge is 2.16. The second-order valence-electron chi connectivity index (χ2n) is 8.70. The Morgan fingerprint density at radius 2 is 1.57 bits per heavy atom. The first-order valence-electron chi connectivity index (χ1n) is 11.7. The van der Waals surface area contributed by atoms with Gasteiger partial charge in [0.25, 0.3) is 5.91 Å². The van der Waals surface area contributed by atoms with Crippen LogP contribution in [0.4, 0.5) is 17.1 Å². The summed E-state index contributed by atoms with van der Waals surface area (Å²) in [4.78, 5) is 23.4. The van der Waals surface area contributed by atoms with E-state index in [1.54, 1.807) is 12.4 Å². The third-order valence-corrected chi connectivity index (χ3v) is 6.15. The normalized spacial score (nSPS) is 12.5. The van der Waals surface area contributed by atoms with E-state index in [0.717, 1.165) is 41.2 Å². The Morgan fingerprint density at radius 1 is 0.886 bits per heavy atom. The standard InChI is InChI=1S/C20H19N3O.C9H8N2/c1-23-10-4-6-15-11-16(8-9-19(15)23)20(24)22-17-12-14-5-2-3-7-18(14)21-13-17;10-8-5-7-3-1-2-4-9(7)11-6-8/h2-3,5,7-9,11-13H,4,6,10H2,1H3,(H,22,24);1-6H,10H2. The molecule has 0 unspecified atom stereocenters. The highest BCUT2D eigenvalue weighted by molar-refractivity contribution is 6.05. The minimum Gasteiger partial charge on any atom is -0.397 e. The summed E-state index contributed by atoms with van der Waals surface area (Å²) >= 11 is 0. The van der Waals surface area contributed by atoms with E-state index in [-0.39, 0.29) is 5.91 Å². The van der Waals surface area contributed by atoms with Crippen molar-refractivity contribution in [2.24, 2.45) is 0 Å². The van der Waals surface area contributed by atoms with Crippen molar-refractivity contribution in [3.8, 4) is 0 Å². The number of aromatic nitrogens is 2. The monoisotopic (exact) mass is 461 g/mol. The molecule has 0 spiro atoms. The third-order valence-electron chi connectivity index (χ3n) is 6.15. The van der Waals surface area contributed by atoms with Crippen LogP contribution in [0.3, 0.4) is 0 Å². The van der Waals surface area contributed by atoms with Gasteiger partial charge in [-0.25, -0.2) is 0 Å². The van der Waals surface area contributed by atoms with E-state index in [0.29, 0.717) is 16.9 Å². The Morgan fingerprint density at radius 3 is 2.34 bits per heavy atom. The molecule has 3 N–H and O–H groups in total. The van der Waals surface area contributed by atoms with E-state index in [1.165, 1.54) is 11.3 Å². The van der Waals surface area contributed by atoms with Crippen LogP contribution < -0.4 is 16.0 Å². The summed E-state index contributed by atoms with van der Waals surface area (Å²) in [5, 5.41) is 5.06. The van der Waals surface area contributed by atoms with Crippen molar-refractivity contribution < 1.29 is 4.79 Å². The molecule has 0 bridgehead atoms. The average molecular weight is 462 g/mol. The number of nitrogens with zero attached hydrogens (tertiary/aromatic N) is 3. The molecule has 0 saturated heterocycles. The van der Waals surface area contributed by atoms with Gasteiger partial charge in [0, 0.05) is 35.6 Å². The van der Waals surface area contributed by atoms with Gasteiger partial charge in [0.05, 0.1) is 34.8 Å². The van der Waals surface area contributed by atoms with E-state index in [4.69, 9.17) is 5.73 Å². The molecule has 0 atom stereocenters. The third kappa shape index (κ3) is 5.06. The first-order valence-corrected chi connectivity index (χ1v) is 11.7. The fourth-order valence-corrected chi connectivity index (χ4v) is 4.36. The Hall–Kier alpha value is -4.45. The smallest absolute Gasteiger partial charge is 0.255 e. The fourth-order valence-electron chi connectivity index (χ4n) is 4.36. The molecule has 35 heavy (non-hydrogen) atoms. The zero-order valence-corrected chi connectivity index (χ0v) is 19.6. The van der Waals surface area contributed by atoms with Crippen molar-refractivity contribution in [3.05, 3.63) is 102 Å². The van der Waals surface area contributed by atoms with Crippen LogP contribution in [0.2, 0.25) is 0 Å². The molecule has 6 nitrogen and oxygen atoms in total. The molecule has 6 rings (SSSR count). The van der Waals surface area contributed by atoms with Crippen LogP contribution in [-0.4, -0.2) is 29.5 Å². The van der Waals surface area contributed by atoms with Gasteiger partial charge in [-0.15, -0.1) is 0 Å². The maximum absolute atomic E-state index is 12.6. The second kappa shape index (κ2) is 9.81. The molecule has 0 aliphatic carbocycles. The number of carbonyl (C=O) groups excluding carboxylic acids is 1. The van der Waals surface area contributed by atoms with Gasteiger partial charge in [-0.2, -0.15) is 0 Å². The summed E-state index contributed by atoms with van der Waals surface area (Å²) in [6.45, 7) is 1.07. The summed E-state index contributed by atoms with van der Waals surface area (Å²) in [6, 6.07) is 25.6. The average Bonchev–Trinajstić information content (AvgIpc) is 2.89. The van der Waals surface area contributed by atoms with E-state index in [1.807, 2.05) is 78.9 Å². The number of anilines is 3. The summed E-state index contributed by atoms with van der Waals surface area (Å²) in [5.41, 5.74) is 12.1. The van der Waals surface area contributed by atoms with Crippen molar-refractivity contribution >= 4 is 44.8 Å². The maximum atomic E-state index is 12.6. The summed E-state index contributed by atoms with van der Waals surface area (Å²) < 4.78 is 0. The van der Waals surface area contributed by atoms with Crippen molar-refractivity contribution in [1.29, 1.82) is 0 Å². The van der Waals surface area contributed by atoms with Gasteiger partial charge in [0.15, 0.2) is 0 Å². The van der Waals surface area contributed by atoms with Crippen LogP contribution in [0.15, 0.2) is 91.3 Å². The lowest BCUT2D eigenvalue weighted by atomic mass is 9.99.